The highest BCUT2D eigenvalue weighted by Crippen LogP contribution is 2.38. The summed E-state index contributed by atoms with van der Waals surface area (Å²) in [4.78, 5) is 7.80. The van der Waals surface area contributed by atoms with Crippen LogP contribution in [0.2, 0.25) is 0 Å². The van der Waals surface area contributed by atoms with E-state index in [4.69, 9.17) is 9.47 Å². The summed E-state index contributed by atoms with van der Waals surface area (Å²) in [5, 5.41) is 10.3. The van der Waals surface area contributed by atoms with E-state index in [0.717, 1.165) is 0 Å². The Bertz CT molecular complexity index is 545. The Morgan fingerprint density at radius 2 is 1.89 bits per heavy atom. The highest BCUT2D eigenvalue weighted by Gasteiger charge is 2.21. The zero-order valence-electron chi connectivity index (χ0n) is 9.61. The molecular weight excluding hydrogens is 232 g/mol. The maximum atomic E-state index is 10.3. The maximum Gasteiger partial charge on any atom is 0.167 e. The molecule has 92 valence electrons. The summed E-state index contributed by atoms with van der Waals surface area (Å²) < 4.78 is 11.1. The quantitative estimate of drug-likeness (QED) is 0.863. The van der Waals surface area contributed by atoms with Gasteiger partial charge in [0.05, 0.1) is 0 Å². The lowest BCUT2D eigenvalue weighted by atomic mass is 10.0. The van der Waals surface area contributed by atoms with Crippen molar-refractivity contribution in [2.75, 3.05) is 13.2 Å². The van der Waals surface area contributed by atoms with E-state index < -0.39 is 6.10 Å². The average Bonchev–Trinajstić information content (AvgIpc) is 2.47. The number of benzene rings is 1. The molecule has 0 amide bonds. The highest BCUT2D eigenvalue weighted by atomic mass is 16.6. The number of aromatic nitrogens is 2. The number of para-hydroxylation sites is 1. The Kier molecular flexibility index (Phi) is 2.82. The van der Waals surface area contributed by atoms with Crippen LogP contribution in [0.4, 0.5) is 0 Å². The molecule has 0 saturated heterocycles. The number of rotatable bonds is 2. The highest BCUT2D eigenvalue weighted by molar-refractivity contribution is 5.50. The first-order valence-corrected chi connectivity index (χ1v) is 5.68. The minimum Gasteiger partial charge on any atom is -0.486 e. The minimum atomic E-state index is -0.817. The molecule has 0 saturated carbocycles. The fourth-order valence-corrected chi connectivity index (χ4v) is 1.94. The van der Waals surface area contributed by atoms with E-state index in [9.17, 15) is 5.11 Å². The van der Waals surface area contributed by atoms with Crippen LogP contribution in [-0.4, -0.2) is 28.3 Å². The van der Waals surface area contributed by atoms with Crippen molar-refractivity contribution in [2.24, 2.45) is 0 Å². The number of nitrogens with zero attached hydrogens (tertiary/aromatic N) is 2. The molecule has 2 aromatic rings. The maximum absolute atomic E-state index is 10.3. The van der Waals surface area contributed by atoms with Crippen LogP contribution in [0, 0.1) is 0 Å². The lowest BCUT2D eigenvalue weighted by Gasteiger charge is -2.22. The van der Waals surface area contributed by atoms with E-state index in [-0.39, 0.29) is 0 Å². The smallest absolute Gasteiger partial charge is 0.167 e. The molecule has 0 aliphatic carbocycles. The number of aliphatic hydroxyl groups is 1. The van der Waals surface area contributed by atoms with Crippen molar-refractivity contribution in [1.82, 2.24) is 9.97 Å². The first-order chi connectivity index (χ1) is 8.86. The van der Waals surface area contributed by atoms with Crippen molar-refractivity contribution in [3.8, 4) is 11.5 Å². The molecule has 2 heterocycles. The summed E-state index contributed by atoms with van der Waals surface area (Å²) in [6.07, 6.45) is 3.78. The first-order valence-electron chi connectivity index (χ1n) is 5.68. The normalized spacial score (nSPS) is 15.2. The van der Waals surface area contributed by atoms with Crippen molar-refractivity contribution in [3.05, 3.63) is 48.0 Å². The van der Waals surface area contributed by atoms with E-state index in [2.05, 4.69) is 9.97 Å². The number of fused-ring (bicyclic) bond motifs is 1. The fraction of sp³-hybridized carbons (Fsp3) is 0.231. The van der Waals surface area contributed by atoms with E-state index in [1.807, 2.05) is 18.2 Å². The second-order valence-electron chi connectivity index (χ2n) is 3.95. The van der Waals surface area contributed by atoms with Crippen molar-refractivity contribution in [1.29, 1.82) is 0 Å². The van der Waals surface area contributed by atoms with Gasteiger partial charge in [-0.1, -0.05) is 12.1 Å². The van der Waals surface area contributed by atoms with Gasteiger partial charge in [0.25, 0.3) is 0 Å². The summed E-state index contributed by atoms with van der Waals surface area (Å²) in [6.45, 7) is 1.02. The predicted octanol–water partition coefficient (Wildman–Crippen LogP) is 1.33. The van der Waals surface area contributed by atoms with Crippen LogP contribution in [0.1, 0.15) is 17.2 Å². The number of hydrogen-bond donors (Lipinski definition) is 1. The van der Waals surface area contributed by atoms with Gasteiger partial charge in [0.2, 0.25) is 0 Å². The third kappa shape index (κ3) is 1.89. The van der Waals surface area contributed by atoms with Gasteiger partial charge in [0, 0.05) is 23.5 Å². The SMILES string of the molecule is OC(c1cncnc1)c1cccc2c1OCCO2. The van der Waals surface area contributed by atoms with Crippen LogP contribution in [0.25, 0.3) is 0 Å². The molecule has 0 fully saturated rings. The number of hydrogen-bond acceptors (Lipinski definition) is 5. The third-order valence-corrected chi connectivity index (χ3v) is 2.79. The summed E-state index contributed by atoms with van der Waals surface area (Å²) in [7, 11) is 0. The topological polar surface area (TPSA) is 64.5 Å². The molecule has 1 aromatic heterocycles. The molecule has 1 aliphatic heterocycles. The first kappa shape index (κ1) is 11.0. The molecule has 0 spiro atoms. The van der Waals surface area contributed by atoms with Gasteiger partial charge >= 0.3 is 0 Å². The Hall–Kier alpha value is -2.14. The van der Waals surface area contributed by atoms with Crippen molar-refractivity contribution >= 4 is 0 Å². The predicted molar refractivity (Wildman–Crippen MR) is 63.5 cm³/mol. The molecule has 1 aliphatic rings. The van der Waals surface area contributed by atoms with Crippen LogP contribution in [0.15, 0.2) is 36.9 Å². The summed E-state index contributed by atoms with van der Waals surface area (Å²) in [6, 6.07) is 5.47. The van der Waals surface area contributed by atoms with E-state index in [1.165, 1.54) is 6.33 Å². The van der Waals surface area contributed by atoms with E-state index in [1.54, 1.807) is 12.4 Å². The van der Waals surface area contributed by atoms with E-state index >= 15 is 0 Å². The number of ether oxygens (including phenoxy) is 2. The van der Waals surface area contributed by atoms with Gasteiger partial charge in [-0.2, -0.15) is 0 Å². The molecular formula is C13H12N2O3. The van der Waals surface area contributed by atoms with Gasteiger partial charge in [0.15, 0.2) is 11.5 Å². The molecule has 1 N–H and O–H groups in total. The van der Waals surface area contributed by atoms with Gasteiger partial charge in [-0.05, 0) is 6.07 Å². The molecule has 1 unspecified atom stereocenters. The van der Waals surface area contributed by atoms with E-state index in [0.29, 0.717) is 35.8 Å². The van der Waals surface area contributed by atoms with Crippen LogP contribution in [0.5, 0.6) is 11.5 Å². The lowest BCUT2D eigenvalue weighted by Crippen LogP contribution is -2.17. The van der Waals surface area contributed by atoms with Gasteiger partial charge in [-0.3, -0.25) is 0 Å². The zero-order chi connectivity index (χ0) is 12.4. The molecule has 1 atom stereocenters. The monoisotopic (exact) mass is 244 g/mol. The van der Waals surface area contributed by atoms with Gasteiger partial charge in [-0.15, -0.1) is 0 Å². The van der Waals surface area contributed by atoms with Gasteiger partial charge in [-0.25, -0.2) is 9.97 Å². The van der Waals surface area contributed by atoms with Crippen molar-refractivity contribution < 1.29 is 14.6 Å². The minimum absolute atomic E-state index is 0.488. The largest absolute Gasteiger partial charge is 0.486 e. The van der Waals surface area contributed by atoms with Crippen LogP contribution in [0.3, 0.4) is 0 Å². The second-order valence-corrected chi connectivity index (χ2v) is 3.95. The molecule has 5 nitrogen and oxygen atoms in total. The Balaban J connectivity index is 2.02. The number of aliphatic hydroxyl groups excluding tert-OH is 1. The molecule has 0 radical (unpaired) electrons. The van der Waals surface area contributed by atoms with Crippen molar-refractivity contribution in [3.63, 3.8) is 0 Å². The lowest BCUT2D eigenvalue weighted by molar-refractivity contribution is 0.158. The Morgan fingerprint density at radius 1 is 1.11 bits per heavy atom. The molecule has 0 bridgehead atoms. The van der Waals surface area contributed by atoms with Gasteiger partial charge in [0.1, 0.15) is 25.6 Å². The fourth-order valence-electron chi connectivity index (χ4n) is 1.94. The molecule has 18 heavy (non-hydrogen) atoms. The third-order valence-electron chi connectivity index (χ3n) is 2.79. The van der Waals surface area contributed by atoms with Crippen LogP contribution >= 0.6 is 0 Å². The summed E-state index contributed by atoms with van der Waals surface area (Å²) in [5.74, 6) is 1.26. The van der Waals surface area contributed by atoms with Crippen LogP contribution < -0.4 is 9.47 Å². The van der Waals surface area contributed by atoms with Gasteiger partial charge < -0.3 is 14.6 Å². The summed E-state index contributed by atoms with van der Waals surface area (Å²) in [5.41, 5.74) is 1.29. The molecule has 5 heteroatoms. The van der Waals surface area contributed by atoms with Crippen molar-refractivity contribution in [2.45, 2.75) is 6.10 Å². The molecule has 3 rings (SSSR count). The zero-order valence-corrected chi connectivity index (χ0v) is 9.61. The van der Waals surface area contributed by atoms with Crippen LogP contribution in [-0.2, 0) is 0 Å². The standard InChI is InChI=1S/C13H12N2O3/c16-12(9-6-14-8-15-7-9)10-2-1-3-11-13(10)18-5-4-17-11/h1-3,6-8,12,16H,4-5H2. The summed E-state index contributed by atoms with van der Waals surface area (Å²) >= 11 is 0. The Morgan fingerprint density at radius 3 is 2.72 bits per heavy atom. The average molecular weight is 244 g/mol. The Labute approximate surface area is 104 Å². The second kappa shape index (κ2) is 4.62. The molecule has 1 aromatic carbocycles.